The zero-order chi connectivity index (χ0) is 34.6. The lowest BCUT2D eigenvalue weighted by Crippen LogP contribution is -2.11. The third-order valence-electron chi connectivity index (χ3n) is 11.3. The molecule has 4 atom stereocenters. The number of benzene rings is 5. The van der Waals surface area contributed by atoms with E-state index in [0.717, 1.165) is 63.5 Å². The molecule has 1 N–H and O–H groups in total. The van der Waals surface area contributed by atoms with Crippen LogP contribution >= 0.6 is 0 Å². The summed E-state index contributed by atoms with van der Waals surface area (Å²) in [6, 6.07) is 42.6. The van der Waals surface area contributed by atoms with Gasteiger partial charge in [0.05, 0.1) is 12.2 Å². The van der Waals surface area contributed by atoms with Crippen molar-refractivity contribution in [3.63, 3.8) is 0 Å². The largest absolute Gasteiger partial charge is 0.507 e. The molecule has 2 aliphatic rings. The van der Waals surface area contributed by atoms with Gasteiger partial charge < -0.3 is 9.84 Å². The number of aromatic hydroxyl groups is 1. The van der Waals surface area contributed by atoms with Crippen molar-refractivity contribution in [2.45, 2.75) is 51.9 Å². The van der Waals surface area contributed by atoms with E-state index in [0.29, 0.717) is 35.4 Å². The number of phenolic OH excluding ortho intramolecular Hbond substituents is 1. The van der Waals surface area contributed by atoms with E-state index in [2.05, 4.69) is 55.5 Å². The molecule has 256 valence electrons. The topological polar surface area (TPSA) is 68.1 Å². The molecule has 0 spiro atoms. The lowest BCUT2D eigenvalue weighted by atomic mass is 9.88. The van der Waals surface area contributed by atoms with Crippen LogP contribution in [0.5, 0.6) is 11.5 Å². The fourth-order valence-corrected chi connectivity index (χ4v) is 8.69. The molecule has 5 nitrogen and oxygen atoms in total. The van der Waals surface area contributed by atoms with Gasteiger partial charge in [-0.25, -0.2) is 15.0 Å². The Morgan fingerprint density at radius 2 is 1.10 bits per heavy atom. The first-order valence-corrected chi connectivity index (χ1v) is 18.7. The van der Waals surface area contributed by atoms with E-state index >= 15 is 0 Å². The summed E-state index contributed by atoms with van der Waals surface area (Å²) in [6.07, 6.45) is 9.26. The average Bonchev–Trinajstić information content (AvgIpc) is 3.81. The molecule has 0 aliphatic heterocycles. The molecule has 6 aromatic rings. The van der Waals surface area contributed by atoms with Crippen LogP contribution in [-0.2, 0) is 0 Å². The zero-order valence-corrected chi connectivity index (χ0v) is 29.3. The fraction of sp³-hybridized carbons (Fsp3) is 0.283. The Labute approximate surface area is 301 Å². The summed E-state index contributed by atoms with van der Waals surface area (Å²) < 4.78 is 6.17. The predicted octanol–water partition coefficient (Wildman–Crippen LogP) is 11.5. The van der Waals surface area contributed by atoms with Gasteiger partial charge in [-0.1, -0.05) is 129 Å². The van der Waals surface area contributed by atoms with E-state index in [1.54, 1.807) is 6.07 Å². The van der Waals surface area contributed by atoms with Gasteiger partial charge in [0, 0.05) is 17.2 Å². The van der Waals surface area contributed by atoms with Gasteiger partial charge in [0.15, 0.2) is 17.5 Å². The fourth-order valence-electron chi connectivity index (χ4n) is 8.69. The third kappa shape index (κ3) is 7.16. The lowest BCUT2D eigenvalue weighted by molar-refractivity contribution is 0.267. The lowest BCUT2D eigenvalue weighted by Gasteiger charge is -2.18. The first kappa shape index (κ1) is 32.9. The molecule has 51 heavy (non-hydrogen) atoms. The quantitative estimate of drug-likeness (QED) is 0.139. The molecule has 0 bridgehead atoms. The van der Waals surface area contributed by atoms with Crippen molar-refractivity contribution in [3.8, 4) is 67.9 Å². The Bertz CT molecular complexity index is 1960. The summed E-state index contributed by atoms with van der Waals surface area (Å²) in [5.74, 6) is 5.91. The Balaban J connectivity index is 1.04. The molecule has 8 rings (SSSR count). The molecule has 1 aromatic heterocycles. The maximum Gasteiger partial charge on any atom is 0.167 e. The summed E-state index contributed by atoms with van der Waals surface area (Å²) in [5, 5.41) is 11.3. The van der Waals surface area contributed by atoms with Gasteiger partial charge >= 0.3 is 0 Å². The summed E-state index contributed by atoms with van der Waals surface area (Å²) in [4.78, 5) is 14.7. The minimum Gasteiger partial charge on any atom is -0.507 e. The Morgan fingerprint density at radius 3 is 1.65 bits per heavy atom. The van der Waals surface area contributed by atoms with Crippen molar-refractivity contribution in [3.05, 3.63) is 127 Å². The number of ether oxygens (including phenoxy) is 1. The average molecular weight is 672 g/mol. The van der Waals surface area contributed by atoms with Crippen LogP contribution in [0.4, 0.5) is 0 Å². The monoisotopic (exact) mass is 671 g/mol. The molecule has 1 heterocycles. The number of rotatable bonds is 11. The number of aromatic nitrogens is 3. The van der Waals surface area contributed by atoms with E-state index in [1.807, 2.05) is 72.8 Å². The molecule has 0 amide bonds. The zero-order valence-electron chi connectivity index (χ0n) is 29.3. The molecule has 5 heteroatoms. The van der Waals surface area contributed by atoms with Gasteiger partial charge in [0.2, 0.25) is 0 Å². The second kappa shape index (κ2) is 14.9. The van der Waals surface area contributed by atoms with Gasteiger partial charge in [-0.05, 0) is 90.2 Å². The summed E-state index contributed by atoms with van der Waals surface area (Å²) in [6.45, 7) is 3.02. The third-order valence-corrected chi connectivity index (χ3v) is 11.3. The summed E-state index contributed by atoms with van der Waals surface area (Å²) >= 11 is 0. The SMILES string of the molecule is CCC1CC(CCCOc2ccc(-c3nc(-c4ccc(-c5ccccc5)cc4)nc(-c4ccc(-c5ccccc5)cc4)n3)c(O)c2)C2CCCC12. The Kier molecular flexibility index (Phi) is 9.61. The van der Waals surface area contributed by atoms with Crippen LogP contribution in [0.3, 0.4) is 0 Å². The highest BCUT2D eigenvalue weighted by Crippen LogP contribution is 2.53. The molecular formula is C46H45N3O2. The van der Waals surface area contributed by atoms with Gasteiger partial charge in [0.25, 0.3) is 0 Å². The normalized spacial score (nSPS) is 19.5. The summed E-state index contributed by atoms with van der Waals surface area (Å²) in [5.41, 5.74) is 6.82. The molecule has 2 fully saturated rings. The van der Waals surface area contributed by atoms with E-state index in [9.17, 15) is 5.11 Å². The number of nitrogens with zero attached hydrogens (tertiary/aromatic N) is 3. The first-order valence-electron chi connectivity index (χ1n) is 18.7. The van der Waals surface area contributed by atoms with Crippen molar-refractivity contribution >= 4 is 0 Å². The van der Waals surface area contributed by atoms with Crippen LogP contribution in [-0.4, -0.2) is 26.7 Å². The van der Waals surface area contributed by atoms with Gasteiger partial charge in [-0.2, -0.15) is 0 Å². The molecule has 2 aliphatic carbocycles. The van der Waals surface area contributed by atoms with Gasteiger partial charge in [-0.15, -0.1) is 0 Å². The molecule has 4 unspecified atom stereocenters. The highest BCUT2D eigenvalue weighted by atomic mass is 16.5. The minimum absolute atomic E-state index is 0.0878. The van der Waals surface area contributed by atoms with E-state index in [4.69, 9.17) is 19.7 Å². The molecule has 0 radical (unpaired) electrons. The molecule has 5 aromatic carbocycles. The van der Waals surface area contributed by atoms with Crippen molar-refractivity contribution in [1.82, 2.24) is 15.0 Å². The van der Waals surface area contributed by atoms with Gasteiger partial charge in [0.1, 0.15) is 11.5 Å². The second-order valence-corrected chi connectivity index (χ2v) is 14.3. The van der Waals surface area contributed by atoms with Crippen LogP contribution in [0.2, 0.25) is 0 Å². The van der Waals surface area contributed by atoms with E-state index < -0.39 is 0 Å². The van der Waals surface area contributed by atoms with Crippen molar-refractivity contribution in [2.24, 2.45) is 23.7 Å². The van der Waals surface area contributed by atoms with Crippen LogP contribution in [0.1, 0.15) is 51.9 Å². The Hall–Kier alpha value is -5.29. The predicted molar refractivity (Wildman–Crippen MR) is 206 cm³/mol. The highest BCUT2D eigenvalue weighted by Gasteiger charge is 2.43. The second-order valence-electron chi connectivity index (χ2n) is 14.3. The van der Waals surface area contributed by atoms with Crippen LogP contribution in [0.25, 0.3) is 56.4 Å². The van der Waals surface area contributed by atoms with Crippen LogP contribution in [0.15, 0.2) is 127 Å². The van der Waals surface area contributed by atoms with Crippen LogP contribution < -0.4 is 4.74 Å². The first-order chi connectivity index (χ1) is 25.1. The van der Waals surface area contributed by atoms with Crippen molar-refractivity contribution in [2.75, 3.05) is 6.61 Å². The van der Waals surface area contributed by atoms with E-state index in [-0.39, 0.29) is 5.75 Å². The highest BCUT2D eigenvalue weighted by molar-refractivity contribution is 5.73. The number of hydrogen-bond donors (Lipinski definition) is 1. The Morgan fingerprint density at radius 1 is 0.588 bits per heavy atom. The maximum absolute atomic E-state index is 11.3. The minimum atomic E-state index is 0.0878. The molecule has 0 saturated heterocycles. The smallest absolute Gasteiger partial charge is 0.167 e. The number of phenols is 1. The molecule has 2 saturated carbocycles. The summed E-state index contributed by atoms with van der Waals surface area (Å²) in [7, 11) is 0. The number of hydrogen-bond acceptors (Lipinski definition) is 5. The van der Waals surface area contributed by atoms with Crippen LogP contribution in [0, 0.1) is 23.7 Å². The van der Waals surface area contributed by atoms with Crippen molar-refractivity contribution in [1.29, 1.82) is 0 Å². The standard InChI is InChI=1S/C46H45N3O2/c1-2-31-29-38(41-17-9-16-40(31)41)15-10-28-51-39-26-27-42(43(50)30-39)46-48-44(36-22-18-34(19-23-36)32-11-5-3-6-12-32)47-45(49-46)37-24-20-35(21-25-37)33-13-7-4-8-14-33/h3-8,11-14,18-27,30-31,38,40-41,50H,2,9-10,15-17,28-29H2,1H3. The van der Waals surface area contributed by atoms with Crippen molar-refractivity contribution < 1.29 is 9.84 Å². The maximum atomic E-state index is 11.3. The van der Waals surface area contributed by atoms with Gasteiger partial charge in [-0.3, -0.25) is 0 Å². The van der Waals surface area contributed by atoms with E-state index in [1.165, 1.54) is 38.5 Å². The number of fused-ring (bicyclic) bond motifs is 1. The molecular weight excluding hydrogens is 627 g/mol.